The van der Waals surface area contributed by atoms with Gasteiger partial charge in [-0.05, 0) is 61.9 Å². The molecule has 0 saturated heterocycles. The molecule has 2 aromatic carbocycles. The highest BCUT2D eigenvalue weighted by Crippen LogP contribution is 2.25. The highest BCUT2D eigenvalue weighted by atomic mass is 35.5. The van der Waals surface area contributed by atoms with Gasteiger partial charge in [-0.25, -0.2) is 9.37 Å². The predicted octanol–water partition coefficient (Wildman–Crippen LogP) is 5.25. The van der Waals surface area contributed by atoms with Crippen LogP contribution in [0.2, 0.25) is 5.02 Å². The standard InChI is InChI=1S/C22H18ClFN4O2/c1-13-10-25-28(11-13)12-20-14(2)30-22(27-20)15-3-6-17(7-4-15)26-21(29)18-8-5-16(24)9-19(18)23/h3-11H,12H2,1-2H3,(H,26,29). The Bertz CT molecular complexity index is 1210. The van der Waals surface area contributed by atoms with E-state index in [0.29, 0.717) is 18.1 Å². The van der Waals surface area contributed by atoms with Crippen LogP contribution < -0.4 is 5.32 Å². The van der Waals surface area contributed by atoms with Crippen molar-refractivity contribution in [2.75, 3.05) is 5.32 Å². The number of aryl methyl sites for hydroxylation is 2. The first-order valence-corrected chi connectivity index (χ1v) is 9.59. The molecule has 0 spiro atoms. The molecule has 0 aliphatic heterocycles. The van der Waals surface area contributed by atoms with Gasteiger partial charge in [0.25, 0.3) is 5.91 Å². The molecule has 2 heterocycles. The first-order valence-electron chi connectivity index (χ1n) is 9.21. The minimum atomic E-state index is -0.496. The largest absolute Gasteiger partial charge is 0.441 e. The lowest BCUT2D eigenvalue weighted by molar-refractivity contribution is 0.102. The second-order valence-electron chi connectivity index (χ2n) is 6.89. The topological polar surface area (TPSA) is 73.0 Å². The maximum atomic E-state index is 13.2. The fourth-order valence-corrected chi connectivity index (χ4v) is 3.23. The molecule has 1 N–H and O–H groups in total. The summed E-state index contributed by atoms with van der Waals surface area (Å²) in [7, 11) is 0. The van der Waals surface area contributed by atoms with Gasteiger partial charge in [0.15, 0.2) is 0 Å². The SMILES string of the molecule is Cc1cnn(Cc2nc(-c3ccc(NC(=O)c4ccc(F)cc4Cl)cc3)oc2C)c1. The Kier molecular flexibility index (Phi) is 5.37. The molecule has 0 bridgehead atoms. The third-order valence-corrected chi connectivity index (χ3v) is 4.84. The van der Waals surface area contributed by atoms with E-state index in [-0.39, 0.29) is 10.6 Å². The third-order valence-electron chi connectivity index (χ3n) is 4.53. The number of nitrogens with zero attached hydrogens (tertiary/aromatic N) is 3. The number of hydrogen-bond donors (Lipinski definition) is 1. The number of aromatic nitrogens is 3. The summed E-state index contributed by atoms with van der Waals surface area (Å²) in [4.78, 5) is 16.9. The lowest BCUT2D eigenvalue weighted by atomic mass is 10.1. The van der Waals surface area contributed by atoms with E-state index in [2.05, 4.69) is 15.4 Å². The number of anilines is 1. The van der Waals surface area contributed by atoms with Gasteiger partial charge < -0.3 is 9.73 Å². The molecular weight excluding hydrogens is 407 g/mol. The average Bonchev–Trinajstić information content (AvgIpc) is 3.28. The smallest absolute Gasteiger partial charge is 0.257 e. The second-order valence-corrected chi connectivity index (χ2v) is 7.30. The average molecular weight is 425 g/mol. The van der Waals surface area contributed by atoms with Gasteiger partial charge in [0.1, 0.15) is 17.3 Å². The molecule has 1 amide bonds. The van der Waals surface area contributed by atoms with E-state index in [9.17, 15) is 9.18 Å². The van der Waals surface area contributed by atoms with E-state index in [1.165, 1.54) is 12.1 Å². The van der Waals surface area contributed by atoms with E-state index in [4.69, 9.17) is 16.0 Å². The number of carbonyl (C=O) groups excluding carboxylic acids is 1. The molecule has 4 aromatic rings. The number of oxazole rings is 1. The normalized spacial score (nSPS) is 10.9. The number of nitrogens with one attached hydrogen (secondary N) is 1. The van der Waals surface area contributed by atoms with E-state index in [0.717, 1.165) is 28.6 Å². The molecule has 8 heteroatoms. The third kappa shape index (κ3) is 4.26. The van der Waals surface area contributed by atoms with Crippen LogP contribution in [-0.2, 0) is 6.54 Å². The van der Waals surface area contributed by atoms with Crippen molar-refractivity contribution in [3.05, 3.63) is 88.3 Å². The quantitative estimate of drug-likeness (QED) is 0.475. The molecule has 30 heavy (non-hydrogen) atoms. The van der Waals surface area contributed by atoms with Gasteiger partial charge in [0, 0.05) is 17.4 Å². The Morgan fingerprint density at radius 3 is 2.63 bits per heavy atom. The predicted molar refractivity (Wildman–Crippen MR) is 112 cm³/mol. The van der Waals surface area contributed by atoms with Crippen molar-refractivity contribution < 1.29 is 13.6 Å². The van der Waals surface area contributed by atoms with E-state index < -0.39 is 11.7 Å². The van der Waals surface area contributed by atoms with Crippen molar-refractivity contribution in [3.8, 4) is 11.5 Å². The second kappa shape index (κ2) is 8.12. The molecule has 0 fully saturated rings. The molecule has 0 aliphatic rings. The lowest BCUT2D eigenvalue weighted by Crippen LogP contribution is -2.12. The molecule has 152 valence electrons. The Morgan fingerprint density at radius 2 is 1.97 bits per heavy atom. The van der Waals surface area contributed by atoms with Gasteiger partial charge in [-0.3, -0.25) is 9.48 Å². The van der Waals surface area contributed by atoms with Gasteiger partial charge in [0.05, 0.1) is 23.3 Å². The Labute approximate surface area is 177 Å². The van der Waals surface area contributed by atoms with Crippen molar-refractivity contribution in [1.29, 1.82) is 0 Å². The van der Waals surface area contributed by atoms with Gasteiger partial charge in [-0.15, -0.1) is 0 Å². The molecular formula is C22H18ClFN4O2. The summed E-state index contributed by atoms with van der Waals surface area (Å²) in [6.07, 6.45) is 3.74. The van der Waals surface area contributed by atoms with Crippen LogP contribution in [0, 0.1) is 19.7 Å². The fourth-order valence-electron chi connectivity index (χ4n) is 2.97. The number of hydrogen-bond acceptors (Lipinski definition) is 4. The van der Waals surface area contributed by atoms with Crippen LogP contribution in [0.1, 0.15) is 27.4 Å². The Morgan fingerprint density at radius 1 is 1.20 bits per heavy atom. The van der Waals surface area contributed by atoms with Gasteiger partial charge >= 0.3 is 0 Å². The van der Waals surface area contributed by atoms with Gasteiger partial charge in [-0.2, -0.15) is 5.10 Å². The minimum Gasteiger partial charge on any atom is -0.441 e. The summed E-state index contributed by atoms with van der Waals surface area (Å²) < 4.78 is 20.8. The van der Waals surface area contributed by atoms with Crippen molar-refractivity contribution in [2.24, 2.45) is 0 Å². The highest BCUT2D eigenvalue weighted by Gasteiger charge is 2.14. The van der Waals surface area contributed by atoms with Crippen LogP contribution in [0.25, 0.3) is 11.5 Å². The molecule has 0 aliphatic carbocycles. The summed E-state index contributed by atoms with van der Waals surface area (Å²) in [5, 5.41) is 7.07. The number of benzene rings is 2. The molecule has 0 saturated carbocycles. The zero-order valence-corrected chi connectivity index (χ0v) is 17.1. The van der Waals surface area contributed by atoms with Crippen LogP contribution in [0.3, 0.4) is 0 Å². The van der Waals surface area contributed by atoms with Gasteiger partial charge in [-0.1, -0.05) is 11.6 Å². The molecule has 0 atom stereocenters. The minimum absolute atomic E-state index is 0.0549. The van der Waals surface area contributed by atoms with E-state index in [1.807, 2.05) is 24.7 Å². The maximum Gasteiger partial charge on any atom is 0.257 e. The molecule has 6 nitrogen and oxygen atoms in total. The first kappa shape index (κ1) is 19.8. The summed E-state index contributed by atoms with van der Waals surface area (Å²) in [6.45, 7) is 4.37. The van der Waals surface area contributed by atoms with Crippen LogP contribution in [0.5, 0.6) is 0 Å². The summed E-state index contributed by atoms with van der Waals surface area (Å²) >= 11 is 5.94. The van der Waals surface area contributed by atoms with Crippen LogP contribution in [0.15, 0.2) is 59.3 Å². The first-order chi connectivity index (χ1) is 14.4. The Hall–Kier alpha value is -3.45. The molecule has 2 aromatic heterocycles. The van der Waals surface area contributed by atoms with Crippen molar-refractivity contribution >= 4 is 23.2 Å². The Balaban J connectivity index is 1.48. The maximum absolute atomic E-state index is 13.2. The van der Waals surface area contributed by atoms with Crippen molar-refractivity contribution in [2.45, 2.75) is 20.4 Å². The number of amides is 1. The van der Waals surface area contributed by atoms with E-state index >= 15 is 0 Å². The van der Waals surface area contributed by atoms with Crippen LogP contribution in [-0.4, -0.2) is 20.7 Å². The van der Waals surface area contributed by atoms with Crippen molar-refractivity contribution in [3.63, 3.8) is 0 Å². The van der Waals surface area contributed by atoms with E-state index in [1.54, 1.807) is 30.5 Å². The zero-order chi connectivity index (χ0) is 21.3. The molecule has 0 radical (unpaired) electrons. The number of rotatable bonds is 5. The summed E-state index contributed by atoms with van der Waals surface area (Å²) in [6, 6.07) is 10.7. The van der Waals surface area contributed by atoms with Crippen LogP contribution in [0.4, 0.5) is 10.1 Å². The summed E-state index contributed by atoms with van der Waals surface area (Å²) in [5.74, 6) is 0.299. The monoisotopic (exact) mass is 424 g/mol. The van der Waals surface area contributed by atoms with Crippen LogP contribution >= 0.6 is 11.6 Å². The zero-order valence-electron chi connectivity index (χ0n) is 16.3. The fraction of sp³-hybridized carbons (Fsp3) is 0.136. The van der Waals surface area contributed by atoms with Crippen molar-refractivity contribution in [1.82, 2.24) is 14.8 Å². The molecule has 4 rings (SSSR count). The number of halogens is 2. The van der Waals surface area contributed by atoms with Gasteiger partial charge in [0.2, 0.25) is 5.89 Å². The lowest BCUT2D eigenvalue weighted by Gasteiger charge is -2.07. The highest BCUT2D eigenvalue weighted by molar-refractivity contribution is 6.34. The summed E-state index contributed by atoms with van der Waals surface area (Å²) in [5.41, 5.74) is 3.43. The molecule has 0 unspecified atom stereocenters. The number of carbonyl (C=O) groups is 1.